The first-order chi connectivity index (χ1) is 20.8. The van der Waals surface area contributed by atoms with Crippen LogP contribution >= 0.6 is 11.6 Å². The number of ketones is 2. The highest BCUT2D eigenvalue weighted by molar-refractivity contribution is 6.26. The maximum Gasteiger partial charge on any atom is 0.190 e. The smallest absolute Gasteiger partial charge is 0.190 e. The van der Waals surface area contributed by atoms with Gasteiger partial charge in [0.2, 0.25) is 0 Å². The molecule has 0 heterocycles. The molecule has 1 aromatic rings. The number of β-amino-alcohol motifs (C(OH)–C–C–N with tert-alkyl or cyclic N) is 1. The summed E-state index contributed by atoms with van der Waals surface area (Å²) in [5.41, 5.74) is -1.20. The Morgan fingerprint density at radius 3 is 2.44 bits per heavy atom. The Hall–Kier alpha value is -2.11. The van der Waals surface area contributed by atoms with Gasteiger partial charge in [-0.1, -0.05) is 38.5 Å². The van der Waals surface area contributed by atoms with Crippen molar-refractivity contribution in [2.75, 3.05) is 13.2 Å². The summed E-state index contributed by atoms with van der Waals surface area (Å²) in [5, 5.41) is 63.9. The van der Waals surface area contributed by atoms with Crippen LogP contribution in [0.15, 0.2) is 42.0 Å². The molecular formula is C35H50ClNO8. The summed E-state index contributed by atoms with van der Waals surface area (Å²) in [6.45, 7) is 11.2. The molecule has 0 aromatic heterocycles. The molecule has 3 fully saturated rings. The lowest BCUT2D eigenvalue weighted by Gasteiger charge is -2.63. The number of aromatic hydroxyl groups is 1. The first kappa shape index (κ1) is 35.7. The number of aliphatic hydroxyl groups excluding tert-OH is 4. The zero-order chi connectivity index (χ0) is 33.8. The third-order valence-electron chi connectivity index (χ3n) is 11.3. The Morgan fingerprint density at radius 2 is 1.84 bits per heavy atom. The third-order valence-corrected chi connectivity index (χ3v) is 12.2. The lowest BCUT2D eigenvalue weighted by Crippen LogP contribution is -2.69. The van der Waals surface area contributed by atoms with E-state index in [4.69, 9.17) is 16.7 Å². The summed E-state index contributed by atoms with van der Waals surface area (Å²) in [5.74, 6) is -1.10. The van der Waals surface area contributed by atoms with Gasteiger partial charge in [-0.2, -0.15) is 0 Å². The van der Waals surface area contributed by atoms with E-state index in [0.29, 0.717) is 36.9 Å². The van der Waals surface area contributed by atoms with Gasteiger partial charge in [0.1, 0.15) is 18.0 Å². The van der Waals surface area contributed by atoms with E-state index in [1.807, 2.05) is 47.6 Å². The van der Waals surface area contributed by atoms with Crippen LogP contribution in [0.4, 0.5) is 0 Å². The van der Waals surface area contributed by atoms with Crippen LogP contribution in [0.25, 0.3) is 0 Å². The zero-order valence-corrected chi connectivity index (χ0v) is 27.9. The SMILES string of the molecule is CC(C)(C)NCC(O)c1ccc(O)c(CO)c1.C[C@H]1C[C@H]2[C@@H]3CCC4=CC(=O)C=C[C@]4(C)[C@@]3(Cl)[C@@H](O)C[C@]2(C)[C@@]1(O)C(=O)CO. The number of fused-ring (bicyclic) bond motifs is 5. The predicted molar refractivity (Wildman–Crippen MR) is 171 cm³/mol. The molecule has 0 radical (unpaired) electrons. The fourth-order valence-electron chi connectivity index (χ4n) is 8.72. The summed E-state index contributed by atoms with van der Waals surface area (Å²) in [6, 6.07) is 4.76. The number of nitrogens with one attached hydrogen (secondary N) is 1. The van der Waals surface area contributed by atoms with Gasteiger partial charge in [0.15, 0.2) is 11.6 Å². The Morgan fingerprint density at radius 1 is 1.18 bits per heavy atom. The average Bonchev–Trinajstić information content (AvgIpc) is 3.18. The molecule has 9 atom stereocenters. The number of carbonyl (C=O) groups excluding carboxylic acids is 2. The molecule has 5 rings (SSSR count). The van der Waals surface area contributed by atoms with E-state index in [1.54, 1.807) is 18.2 Å². The van der Waals surface area contributed by atoms with E-state index in [0.717, 1.165) is 5.57 Å². The van der Waals surface area contributed by atoms with Gasteiger partial charge in [0, 0.05) is 28.5 Å². The second-order valence-electron chi connectivity index (χ2n) is 14.9. The fourth-order valence-corrected chi connectivity index (χ4v) is 9.24. The van der Waals surface area contributed by atoms with E-state index in [1.165, 1.54) is 12.1 Å². The van der Waals surface area contributed by atoms with Gasteiger partial charge in [0.25, 0.3) is 0 Å². The van der Waals surface area contributed by atoms with Crippen molar-refractivity contribution >= 4 is 23.2 Å². The number of carbonyl (C=O) groups is 2. The number of Topliss-reactive ketones (excluding diaryl/α,β-unsaturated/α-hetero) is 1. The van der Waals surface area contributed by atoms with E-state index >= 15 is 0 Å². The fraction of sp³-hybridized carbons (Fsp3) is 0.657. The van der Waals surface area contributed by atoms with Crippen molar-refractivity contribution in [3.63, 3.8) is 0 Å². The van der Waals surface area contributed by atoms with Crippen molar-refractivity contribution in [3.8, 4) is 5.75 Å². The van der Waals surface area contributed by atoms with Crippen molar-refractivity contribution in [3.05, 3.63) is 53.1 Å². The van der Waals surface area contributed by atoms with Gasteiger partial charge in [-0.25, -0.2) is 0 Å². The molecule has 4 aliphatic rings. The first-order valence-corrected chi connectivity index (χ1v) is 16.2. The van der Waals surface area contributed by atoms with Crippen LogP contribution in [0.1, 0.15) is 84.5 Å². The monoisotopic (exact) mass is 647 g/mol. The van der Waals surface area contributed by atoms with Crippen LogP contribution in [0.5, 0.6) is 5.75 Å². The third kappa shape index (κ3) is 5.83. The van der Waals surface area contributed by atoms with Crippen LogP contribution in [0, 0.1) is 28.6 Å². The van der Waals surface area contributed by atoms with Gasteiger partial charge in [-0.15, -0.1) is 11.6 Å². The number of aliphatic hydroxyl groups is 5. The molecule has 4 aliphatic carbocycles. The van der Waals surface area contributed by atoms with Crippen molar-refractivity contribution in [1.82, 2.24) is 5.32 Å². The Balaban J connectivity index is 0.000000233. The number of benzene rings is 1. The minimum Gasteiger partial charge on any atom is -0.508 e. The number of hydrogen-bond acceptors (Lipinski definition) is 9. The number of halogens is 1. The highest BCUT2D eigenvalue weighted by atomic mass is 35.5. The molecule has 1 aromatic carbocycles. The van der Waals surface area contributed by atoms with Gasteiger partial charge < -0.3 is 36.0 Å². The Kier molecular flexibility index (Phi) is 9.92. The molecule has 3 saturated carbocycles. The largest absolute Gasteiger partial charge is 0.508 e. The average molecular weight is 648 g/mol. The lowest BCUT2D eigenvalue weighted by atomic mass is 9.45. The Bertz CT molecular complexity index is 1370. The zero-order valence-electron chi connectivity index (χ0n) is 27.2. The van der Waals surface area contributed by atoms with Crippen LogP contribution < -0.4 is 5.32 Å². The van der Waals surface area contributed by atoms with E-state index < -0.39 is 45.9 Å². The van der Waals surface area contributed by atoms with Crippen LogP contribution in [-0.4, -0.2) is 77.5 Å². The van der Waals surface area contributed by atoms with Gasteiger partial charge >= 0.3 is 0 Å². The van der Waals surface area contributed by atoms with Gasteiger partial charge in [-0.05, 0) is 94.1 Å². The minimum absolute atomic E-state index is 0.0484. The molecule has 10 heteroatoms. The second-order valence-corrected chi connectivity index (χ2v) is 15.6. The number of allylic oxidation sites excluding steroid dienone is 4. The van der Waals surface area contributed by atoms with Crippen LogP contribution in [0.3, 0.4) is 0 Å². The quantitative estimate of drug-likeness (QED) is 0.229. The first-order valence-electron chi connectivity index (χ1n) is 15.8. The van der Waals surface area contributed by atoms with Crippen molar-refractivity contribution in [2.45, 2.75) is 102 Å². The van der Waals surface area contributed by atoms with E-state index in [9.17, 15) is 35.1 Å². The molecule has 7 N–H and O–H groups in total. The minimum atomic E-state index is -1.68. The highest BCUT2D eigenvalue weighted by Gasteiger charge is 2.74. The molecule has 250 valence electrons. The van der Waals surface area contributed by atoms with E-state index in [-0.39, 0.29) is 47.9 Å². The summed E-state index contributed by atoms with van der Waals surface area (Å²) >= 11 is 7.30. The number of alkyl halides is 1. The molecule has 0 amide bonds. The number of rotatable bonds is 6. The van der Waals surface area contributed by atoms with Crippen molar-refractivity contribution in [2.24, 2.45) is 28.6 Å². The maximum absolute atomic E-state index is 12.6. The van der Waals surface area contributed by atoms with Crippen molar-refractivity contribution in [1.29, 1.82) is 0 Å². The van der Waals surface area contributed by atoms with Crippen molar-refractivity contribution < 1.29 is 40.2 Å². The van der Waals surface area contributed by atoms with Gasteiger partial charge in [-0.3, -0.25) is 9.59 Å². The molecule has 45 heavy (non-hydrogen) atoms. The Labute approximate surface area is 271 Å². The summed E-state index contributed by atoms with van der Waals surface area (Å²) in [6.07, 6.45) is 5.57. The van der Waals surface area contributed by atoms with Crippen LogP contribution in [0.2, 0.25) is 0 Å². The standard InChI is InChI=1S/C22H29ClO5.C13H21NO3/c1-12-8-16-15-5-4-13-9-14(25)6-7-19(13,2)21(15,23)17(26)10-20(16,3)22(12,28)18(27)11-24;1-13(2,3)14-7-12(17)9-4-5-11(16)10(6-9)8-15/h6-7,9,12,15-17,24,26,28H,4-5,8,10-11H2,1-3H3;4-6,12,14-17H,7-8H2,1-3H3/t12-,15-,16-,17-,19-,20-,21-,22-;/m0./s1. The summed E-state index contributed by atoms with van der Waals surface area (Å²) < 4.78 is 0. The normalized spacial score (nSPS) is 37.9. The molecule has 0 bridgehead atoms. The summed E-state index contributed by atoms with van der Waals surface area (Å²) in [4.78, 5) is 23.5. The molecule has 0 spiro atoms. The second kappa shape index (κ2) is 12.5. The van der Waals surface area contributed by atoms with Gasteiger partial charge in [0.05, 0.1) is 23.7 Å². The maximum atomic E-state index is 12.6. The lowest BCUT2D eigenvalue weighted by molar-refractivity contribution is -0.179. The molecule has 0 aliphatic heterocycles. The highest BCUT2D eigenvalue weighted by Crippen LogP contribution is 2.71. The number of phenols is 1. The predicted octanol–water partition coefficient (Wildman–Crippen LogP) is 3.47. The molecule has 9 nitrogen and oxygen atoms in total. The topological polar surface area (TPSA) is 168 Å². The van der Waals surface area contributed by atoms with E-state index in [2.05, 4.69) is 5.32 Å². The number of hydrogen-bond donors (Lipinski definition) is 7. The molecule has 0 saturated heterocycles. The molecule has 1 unspecified atom stereocenters. The molecular weight excluding hydrogens is 598 g/mol. The summed E-state index contributed by atoms with van der Waals surface area (Å²) in [7, 11) is 0. The van der Waals surface area contributed by atoms with Crippen LogP contribution in [-0.2, 0) is 16.2 Å².